The average Bonchev–Trinajstić information content (AvgIpc) is 2.45. The minimum atomic E-state index is -7.36. The van der Waals surface area contributed by atoms with Crippen LogP contribution in [0, 0.1) is 0 Å². The Morgan fingerprint density at radius 1 is 0.800 bits per heavy atom. The van der Waals surface area contributed by atoms with Crippen LogP contribution in [0.2, 0.25) is 0 Å². The van der Waals surface area contributed by atoms with E-state index >= 15 is 0 Å². The summed E-state index contributed by atoms with van der Waals surface area (Å²) in [5.74, 6) is -16.4. The summed E-state index contributed by atoms with van der Waals surface area (Å²) in [4.78, 5) is 0. The molecule has 0 saturated carbocycles. The van der Waals surface area contributed by atoms with Gasteiger partial charge in [-0.25, -0.2) is 0 Å². The second-order valence-electron chi connectivity index (χ2n) is 4.35. The third kappa shape index (κ3) is 3.30. The SMILES string of the molecule is COc1ccccc1OS(=O)(=O)C(F)(F)C(F)(F)C(F)(F)C(F)(F)F. The molecule has 0 saturated heterocycles. The lowest BCUT2D eigenvalue weighted by Gasteiger charge is -2.32. The van der Waals surface area contributed by atoms with Gasteiger partial charge >= 0.3 is 33.4 Å². The molecule has 1 aromatic carbocycles. The fourth-order valence-corrected chi connectivity index (χ4v) is 2.30. The minimum absolute atomic E-state index is 0.590. The van der Waals surface area contributed by atoms with Crippen molar-refractivity contribution in [2.75, 3.05) is 7.11 Å². The van der Waals surface area contributed by atoms with Gasteiger partial charge in [0.05, 0.1) is 7.11 Å². The van der Waals surface area contributed by atoms with Crippen LogP contribution >= 0.6 is 0 Å². The average molecular weight is 406 g/mol. The van der Waals surface area contributed by atoms with Crippen LogP contribution in [0.5, 0.6) is 11.5 Å². The van der Waals surface area contributed by atoms with E-state index in [1.165, 1.54) is 6.07 Å². The van der Waals surface area contributed by atoms with E-state index in [1.807, 2.05) is 0 Å². The highest BCUT2D eigenvalue weighted by atomic mass is 32.2. The summed E-state index contributed by atoms with van der Waals surface area (Å²) in [5.41, 5.74) is 0. The first-order chi connectivity index (χ1) is 11.0. The van der Waals surface area contributed by atoms with Crippen molar-refractivity contribution in [1.82, 2.24) is 0 Å². The quantitative estimate of drug-likeness (QED) is 0.533. The van der Waals surface area contributed by atoms with E-state index in [1.54, 1.807) is 0 Å². The fraction of sp³-hybridized carbons (Fsp3) is 0.455. The van der Waals surface area contributed by atoms with Crippen molar-refractivity contribution in [1.29, 1.82) is 0 Å². The van der Waals surface area contributed by atoms with Gasteiger partial charge in [0.15, 0.2) is 11.5 Å². The van der Waals surface area contributed by atoms with E-state index in [0.717, 1.165) is 19.2 Å². The number of benzene rings is 1. The molecule has 1 aromatic rings. The number of rotatable bonds is 6. The van der Waals surface area contributed by atoms with Crippen LogP contribution in [0.1, 0.15) is 0 Å². The summed E-state index contributed by atoms with van der Waals surface area (Å²) in [6.07, 6.45) is -7.15. The molecule has 14 heteroatoms. The Morgan fingerprint density at radius 3 is 1.64 bits per heavy atom. The lowest BCUT2D eigenvalue weighted by Crippen LogP contribution is -2.63. The maximum absolute atomic E-state index is 13.4. The third-order valence-electron chi connectivity index (χ3n) is 2.70. The van der Waals surface area contributed by atoms with E-state index in [2.05, 4.69) is 8.92 Å². The topological polar surface area (TPSA) is 52.6 Å². The summed E-state index contributed by atoms with van der Waals surface area (Å²) < 4.78 is 145. The van der Waals surface area contributed by atoms with Crippen molar-refractivity contribution in [2.45, 2.75) is 23.3 Å². The van der Waals surface area contributed by atoms with Crippen LogP contribution in [0.15, 0.2) is 24.3 Å². The van der Waals surface area contributed by atoms with Gasteiger partial charge in [0.25, 0.3) is 0 Å². The molecular formula is C11H7F9O4S. The third-order valence-corrected chi connectivity index (χ3v) is 3.98. The molecule has 0 bridgehead atoms. The first-order valence-corrected chi connectivity index (χ1v) is 7.21. The van der Waals surface area contributed by atoms with Gasteiger partial charge in [-0.05, 0) is 12.1 Å². The van der Waals surface area contributed by atoms with Gasteiger partial charge in [0.2, 0.25) is 0 Å². The first kappa shape index (κ1) is 21.2. The molecule has 0 aromatic heterocycles. The van der Waals surface area contributed by atoms with Gasteiger partial charge in [-0.1, -0.05) is 12.1 Å². The van der Waals surface area contributed by atoms with Gasteiger partial charge in [-0.2, -0.15) is 47.9 Å². The Balaban J connectivity index is 3.40. The zero-order valence-electron chi connectivity index (χ0n) is 11.8. The zero-order valence-corrected chi connectivity index (χ0v) is 12.6. The second kappa shape index (κ2) is 6.14. The summed E-state index contributed by atoms with van der Waals surface area (Å²) in [7, 11) is -6.10. The molecular weight excluding hydrogens is 399 g/mol. The van der Waals surface area contributed by atoms with E-state index in [9.17, 15) is 47.9 Å². The number of hydrogen-bond acceptors (Lipinski definition) is 4. The molecule has 0 unspecified atom stereocenters. The van der Waals surface area contributed by atoms with Crippen LogP contribution in [0.3, 0.4) is 0 Å². The standard InChI is InChI=1S/C11H7F9O4S/c1-23-6-4-2-3-5-7(6)24-25(21,22)11(19,20)9(14,15)8(12,13)10(16,17)18/h2-5H,1H3. The Bertz CT molecular complexity index is 727. The van der Waals surface area contributed by atoms with E-state index < -0.39 is 44.9 Å². The van der Waals surface area contributed by atoms with Crippen LogP contribution in [0.25, 0.3) is 0 Å². The smallest absolute Gasteiger partial charge is 0.460 e. The van der Waals surface area contributed by atoms with Crippen LogP contribution < -0.4 is 8.92 Å². The van der Waals surface area contributed by atoms with E-state index in [-0.39, 0.29) is 0 Å². The molecule has 0 amide bonds. The van der Waals surface area contributed by atoms with Crippen LogP contribution in [-0.2, 0) is 10.1 Å². The Hall–Kier alpha value is -1.86. The number of methoxy groups -OCH3 is 1. The summed E-state index contributed by atoms with van der Waals surface area (Å²) in [6, 6.07) is 3.68. The summed E-state index contributed by atoms with van der Waals surface area (Å²) in [6.45, 7) is 0. The van der Waals surface area contributed by atoms with Gasteiger partial charge in [0, 0.05) is 0 Å². The molecule has 4 nitrogen and oxygen atoms in total. The number of halogens is 9. The molecule has 0 fully saturated rings. The van der Waals surface area contributed by atoms with Crippen molar-refractivity contribution >= 4 is 10.1 Å². The van der Waals surface area contributed by atoms with Gasteiger partial charge < -0.3 is 8.92 Å². The number of ether oxygens (including phenoxy) is 1. The van der Waals surface area contributed by atoms with Crippen molar-refractivity contribution in [3.8, 4) is 11.5 Å². The summed E-state index contributed by atoms with van der Waals surface area (Å²) >= 11 is 0. The highest BCUT2D eigenvalue weighted by Gasteiger charge is 2.86. The lowest BCUT2D eigenvalue weighted by atomic mass is 10.1. The molecule has 0 heterocycles. The largest absolute Gasteiger partial charge is 0.493 e. The number of alkyl halides is 9. The first-order valence-electron chi connectivity index (χ1n) is 5.80. The predicted octanol–water partition coefficient (Wildman–Crippen LogP) is 3.83. The number of para-hydroxylation sites is 2. The van der Waals surface area contributed by atoms with Crippen molar-refractivity contribution < 1.29 is 56.9 Å². The van der Waals surface area contributed by atoms with E-state index in [0.29, 0.717) is 6.07 Å². The predicted molar refractivity (Wildman–Crippen MR) is 63.4 cm³/mol. The van der Waals surface area contributed by atoms with Crippen molar-refractivity contribution in [2.24, 2.45) is 0 Å². The number of hydrogen-bond donors (Lipinski definition) is 0. The lowest BCUT2D eigenvalue weighted by molar-refractivity contribution is -0.382. The summed E-state index contributed by atoms with van der Waals surface area (Å²) in [5, 5.41) is -6.93. The maximum Gasteiger partial charge on any atom is 0.460 e. The van der Waals surface area contributed by atoms with Crippen LogP contribution in [-0.4, -0.2) is 38.8 Å². The molecule has 0 spiro atoms. The van der Waals surface area contributed by atoms with Gasteiger partial charge in [-0.15, -0.1) is 0 Å². The Kier molecular flexibility index (Phi) is 5.20. The minimum Gasteiger partial charge on any atom is -0.493 e. The Labute approximate surface area is 134 Å². The molecule has 144 valence electrons. The van der Waals surface area contributed by atoms with Crippen molar-refractivity contribution in [3.05, 3.63) is 24.3 Å². The highest BCUT2D eigenvalue weighted by molar-refractivity contribution is 7.88. The van der Waals surface area contributed by atoms with Crippen molar-refractivity contribution in [3.63, 3.8) is 0 Å². The molecule has 0 aliphatic heterocycles. The highest BCUT2D eigenvalue weighted by Crippen LogP contribution is 2.55. The zero-order chi connectivity index (χ0) is 19.9. The van der Waals surface area contributed by atoms with Gasteiger partial charge in [0.1, 0.15) is 0 Å². The normalized spacial score (nSPS) is 14.3. The molecule has 0 N–H and O–H groups in total. The molecule has 0 radical (unpaired) electrons. The van der Waals surface area contributed by atoms with Gasteiger partial charge in [-0.3, -0.25) is 0 Å². The Morgan fingerprint density at radius 2 is 1.24 bits per heavy atom. The molecule has 0 aliphatic rings. The molecule has 1 rings (SSSR count). The monoisotopic (exact) mass is 406 g/mol. The molecule has 25 heavy (non-hydrogen) atoms. The van der Waals surface area contributed by atoms with Crippen LogP contribution in [0.4, 0.5) is 39.5 Å². The van der Waals surface area contributed by atoms with E-state index in [4.69, 9.17) is 0 Å². The second-order valence-corrected chi connectivity index (χ2v) is 5.94. The molecule has 0 atom stereocenters. The maximum atomic E-state index is 13.4. The fourth-order valence-electron chi connectivity index (χ4n) is 1.38. The molecule has 0 aliphatic carbocycles.